The van der Waals surface area contributed by atoms with Crippen LogP contribution in [-0.2, 0) is 6.54 Å². The van der Waals surface area contributed by atoms with Crippen molar-refractivity contribution < 1.29 is 4.79 Å². The maximum atomic E-state index is 11.0. The third-order valence-electron chi connectivity index (χ3n) is 2.43. The molecule has 2 aromatic rings. The van der Waals surface area contributed by atoms with Gasteiger partial charge in [-0.3, -0.25) is 4.79 Å². The summed E-state index contributed by atoms with van der Waals surface area (Å²) in [5.41, 5.74) is 1.80. The summed E-state index contributed by atoms with van der Waals surface area (Å²) in [6.45, 7) is 2.77. The third-order valence-corrected chi connectivity index (χ3v) is 3.30. The van der Waals surface area contributed by atoms with Crippen molar-refractivity contribution in [3.05, 3.63) is 47.8 Å². The van der Waals surface area contributed by atoms with Gasteiger partial charge in [-0.25, -0.2) is 4.98 Å². The smallest absolute Gasteiger partial charge is 0.168 e. The van der Waals surface area contributed by atoms with E-state index in [1.807, 2.05) is 22.8 Å². The molecule has 0 aliphatic carbocycles. The lowest BCUT2D eigenvalue weighted by Crippen LogP contribution is -2.05. The van der Waals surface area contributed by atoms with E-state index >= 15 is 0 Å². The molecule has 0 radical (unpaired) electrons. The van der Waals surface area contributed by atoms with Crippen LogP contribution in [0.25, 0.3) is 0 Å². The highest BCUT2D eigenvalue weighted by molar-refractivity contribution is 7.99. The van der Waals surface area contributed by atoms with Crippen LogP contribution in [-0.4, -0.2) is 21.6 Å². The summed E-state index contributed by atoms with van der Waals surface area (Å²) in [5.74, 6) is 0.949. The van der Waals surface area contributed by atoms with Gasteiger partial charge in [0.1, 0.15) is 5.69 Å². The second-order valence-corrected chi connectivity index (χ2v) is 4.82. The number of hydrogen-bond acceptors (Lipinski definition) is 3. The molecule has 0 amide bonds. The lowest BCUT2D eigenvalue weighted by Gasteiger charge is -2.08. The largest absolute Gasteiger partial charge is 0.312 e. The van der Waals surface area contributed by atoms with E-state index in [9.17, 15) is 4.79 Å². The Labute approximate surface area is 105 Å². The zero-order valence-electron chi connectivity index (χ0n) is 9.67. The van der Waals surface area contributed by atoms with Crippen molar-refractivity contribution in [2.75, 3.05) is 5.75 Å². The highest BCUT2D eigenvalue weighted by atomic mass is 32.2. The number of nitrogens with zero attached hydrogens (tertiary/aromatic N) is 2. The van der Waals surface area contributed by atoms with Crippen molar-refractivity contribution in [1.29, 1.82) is 0 Å². The van der Waals surface area contributed by atoms with Crippen LogP contribution in [0, 0.1) is 0 Å². The first-order valence-corrected chi connectivity index (χ1v) is 6.51. The molecule has 0 bridgehead atoms. The highest BCUT2D eigenvalue weighted by Crippen LogP contribution is 2.19. The summed E-state index contributed by atoms with van der Waals surface area (Å²) in [6, 6.07) is 10.1. The summed E-state index contributed by atoms with van der Waals surface area (Å²) in [7, 11) is 0. The molecule has 3 nitrogen and oxygen atoms in total. The molecule has 1 aromatic carbocycles. The van der Waals surface area contributed by atoms with Gasteiger partial charge < -0.3 is 4.57 Å². The van der Waals surface area contributed by atoms with Gasteiger partial charge in [0.15, 0.2) is 11.4 Å². The van der Waals surface area contributed by atoms with Crippen LogP contribution in [0.1, 0.15) is 23.0 Å². The fourth-order valence-corrected chi connectivity index (χ4v) is 2.35. The molecule has 0 saturated carbocycles. The van der Waals surface area contributed by atoms with Gasteiger partial charge in [0.2, 0.25) is 0 Å². The topological polar surface area (TPSA) is 34.9 Å². The quantitative estimate of drug-likeness (QED) is 0.601. The highest BCUT2D eigenvalue weighted by Gasteiger charge is 2.09. The minimum atomic E-state index is 0.629. The van der Waals surface area contributed by atoms with Gasteiger partial charge in [-0.15, -0.1) is 0 Å². The lowest BCUT2D eigenvalue weighted by molar-refractivity contribution is 0.111. The van der Waals surface area contributed by atoms with E-state index in [-0.39, 0.29) is 0 Å². The zero-order chi connectivity index (χ0) is 12.1. The minimum absolute atomic E-state index is 0.629. The first-order valence-electron chi connectivity index (χ1n) is 5.52. The summed E-state index contributed by atoms with van der Waals surface area (Å²) in [5, 5.41) is 0.901. The van der Waals surface area contributed by atoms with Gasteiger partial charge in [0.25, 0.3) is 0 Å². The Morgan fingerprint density at radius 3 is 2.76 bits per heavy atom. The molecule has 1 aromatic heterocycles. The standard InChI is InChI=1S/C13H14N2OS/c1-2-17-13-14-8-12(10-16)15(13)9-11-6-4-3-5-7-11/h3-8,10H,2,9H2,1H3. The van der Waals surface area contributed by atoms with E-state index in [2.05, 4.69) is 24.0 Å². The normalized spacial score (nSPS) is 10.4. The number of hydrogen-bond donors (Lipinski definition) is 0. The Morgan fingerprint density at radius 1 is 1.35 bits per heavy atom. The fraction of sp³-hybridized carbons (Fsp3) is 0.231. The molecular weight excluding hydrogens is 232 g/mol. The van der Waals surface area contributed by atoms with Crippen LogP contribution >= 0.6 is 11.8 Å². The van der Waals surface area contributed by atoms with Crippen LogP contribution < -0.4 is 0 Å². The monoisotopic (exact) mass is 246 g/mol. The van der Waals surface area contributed by atoms with Crippen LogP contribution in [0.5, 0.6) is 0 Å². The molecule has 0 atom stereocenters. The van der Waals surface area contributed by atoms with Gasteiger partial charge in [0, 0.05) is 0 Å². The van der Waals surface area contributed by atoms with Gasteiger partial charge in [-0.2, -0.15) is 0 Å². The fourth-order valence-electron chi connectivity index (χ4n) is 1.63. The molecular formula is C13H14N2OS. The molecule has 88 valence electrons. The third kappa shape index (κ3) is 2.77. The predicted molar refractivity (Wildman–Crippen MR) is 69.6 cm³/mol. The molecule has 0 fully saturated rings. The van der Waals surface area contributed by atoms with Gasteiger partial charge >= 0.3 is 0 Å². The Bertz CT molecular complexity index is 493. The van der Waals surface area contributed by atoms with Gasteiger partial charge in [0.05, 0.1) is 12.7 Å². The van der Waals surface area contributed by atoms with E-state index in [1.165, 1.54) is 5.56 Å². The molecule has 0 aliphatic heterocycles. The number of thioether (sulfide) groups is 1. The first kappa shape index (κ1) is 11.9. The maximum Gasteiger partial charge on any atom is 0.168 e. The van der Waals surface area contributed by atoms with Crippen molar-refractivity contribution in [3.8, 4) is 0 Å². The lowest BCUT2D eigenvalue weighted by atomic mass is 10.2. The van der Waals surface area contributed by atoms with Crippen molar-refractivity contribution >= 4 is 18.0 Å². The van der Waals surface area contributed by atoms with E-state index in [4.69, 9.17) is 0 Å². The molecule has 0 N–H and O–H groups in total. The molecule has 0 unspecified atom stereocenters. The zero-order valence-corrected chi connectivity index (χ0v) is 10.5. The van der Waals surface area contributed by atoms with Crippen LogP contribution in [0.3, 0.4) is 0 Å². The Morgan fingerprint density at radius 2 is 2.12 bits per heavy atom. The second-order valence-electron chi connectivity index (χ2n) is 3.59. The van der Waals surface area contributed by atoms with E-state index in [0.717, 1.165) is 17.2 Å². The van der Waals surface area contributed by atoms with E-state index < -0.39 is 0 Å². The van der Waals surface area contributed by atoms with Crippen LogP contribution in [0.2, 0.25) is 0 Å². The molecule has 2 rings (SSSR count). The number of rotatable bonds is 5. The molecule has 0 spiro atoms. The average molecular weight is 246 g/mol. The summed E-state index contributed by atoms with van der Waals surface area (Å²) < 4.78 is 1.95. The van der Waals surface area contributed by atoms with E-state index in [1.54, 1.807) is 18.0 Å². The van der Waals surface area contributed by atoms with Crippen molar-refractivity contribution in [2.24, 2.45) is 0 Å². The number of carbonyl (C=O) groups excluding carboxylic acids is 1. The number of aromatic nitrogens is 2. The second kappa shape index (κ2) is 5.68. The Hall–Kier alpha value is -1.55. The van der Waals surface area contributed by atoms with Crippen LogP contribution in [0.15, 0.2) is 41.7 Å². The van der Waals surface area contributed by atoms with Gasteiger partial charge in [-0.05, 0) is 11.3 Å². The predicted octanol–water partition coefficient (Wildman–Crippen LogP) is 2.86. The van der Waals surface area contributed by atoms with Crippen molar-refractivity contribution in [2.45, 2.75) is 18.6 Å². The SMILES string of the molecule is CCSc1ncc(C=O)n1Cc1ccccc1. The number of aldehydes is 1. The summed E-state index contributed by atoms with van der Waals surface area (Å²) in [6.07, 6.45) is 2.49. The van der Waals surface area contributed by atoms with Gasteiger partial charge in [-0.1, -0.05) is 49.0 Å². The molecule has 4 heteroatoms. The first-order chi connectivity index (χ1) is 8.35. The number of benzene rings is 1. The number of carbonyl (C=O) groups is 1. The molecule has 0 saturated heterocycles. The van der Waals surface area contributed by atoms with Crippen LogP contribution in [0.4, 0.5) is 0 Å². The molecule has 0 aliphatic rings. The number of imidazole rings is 1. The summed E-state index contributed by atoms with van der Waals surface area (Å²) in [4.78, 5) is 15.2. The molecule has 1 heterocycles. The van der Waals surface area contributed by atoms with Crippen molar-refractivity contribution in [3.63, 3.8) is 0 Å². The van der Waals surface area contributed by atoms with E-state index in [0.29, 0.717) is 12.2 Å². The summed E-state index contributed by atoms with van der Waals surface area (Å²) >= 11 is 1.65. The Kier molecular flexibility index (Phi) is 3.98. The Balaban J connectivity index is 2.29. The van der Waals surface area contributed by atoms with Crippen molar-refractivity contribution in [1.82, 2.24) is 9.55 Å². The molecule has 17 heavy (non-hydrogen) atoms. The average Bonchev–Trinajstić information content (AvgIpc) is 2.74. The minimum Gasteiger partial charge on any atom is -0.312 e. The maximum absolute atomic E-state index is 11.0.